The molecule has 0 aliphatic heterocycles. The minimum Gasteiger partial charge on any atom is -0.494 e. The van der Waals surface area contributed by atoms with Gasteiger partial charge in [0.1, 0.15) is 11.9 Å². The standard InChI is InChI=1S/C20H27N3O5S/c1-4-27-18-10-9-17(11-14(18)2)29(24,25)23-15-5-7-16(8-6-15)28-20-13-21-12-19(22-20)26-3/h9-13,15-16,23H,4-8H2,1-3H3. The molecule has 0 bridgehead atoms. The predicted octanol–water partition coefficient (Wildman–Crippen LogP) is 2.86. The lowest BCUT2D eigenvalue weighted by atomic mass is 9.94. The molecule has 1 aromatic heterocycles. The fraction of sp³-hybridized carbons (Fsp3) is 0.500. The van der Waals surface area contributed by atoms with E-state index in [9.17, 15) is 8.42 Å². The van der Waals surface area contributed by atoms with E-state index in [2.05, 4.69) is 14.7 Å². The zero-order valence-corrected chi connectivity index (χ0v) is 17.7. The van der Waals surface area contributed by atoms with Crippen LogP contribution in [0.3, 0.4) is 0 Å². The van der Waals surface area contributed by atoms with Crippen molar-refractivity contribution in [3.05, 3.63) is 36.2 Å². The van der Waals surface area contributed by atoms with Crippen molar-refractivity contribution in [2.45, 2.75) is 56.6 Å². The molecule has 2 aromatic rings. The minimum absolute atomic E-state index is 0.0233. The van der Waals surface area contributed by atoms with Crippen LogP contribution in [0.1, 0.15) is 38.2 Å². The number of aromatic nitrogens is 2. The normalized spacial score (nSPS) is 19.6. The highest BCUT2D eigenvalue weighted by Crippen LogP contribution is 2.26. The summed E-state index contributed by atoms with van der Waals surface area (Å²) in [4.78, 5) is 8.49. The zero-order valence-electron chi connectivity index (χ0n) is 16.9. The van der Waals surface area contributed by atoms with E-state index in [-0.39, 0.29) is 17.0 Å². The number of ether oxygens (including phenoxy) is 3. The van der Waals surface area contributed by atoms with Gasteiger partial charge >= 0.3 is 0 Å². The Morgan fingerprint density at radius 2 is 1.86 bits per heavy atom. The lowest BCUT2D eigenvalue weighted by Crippen LogP contribution is -2.39. The third-order valence-corrected chi connectivity index (χ3v) is 6.36. The SMILES string of the molecule is CCOc1ccc(S(=O)(=O)NC2CCC(Oc3cncc(OC)n3)CC2)cc1C. The van der Waals surface area contributed by atoms with Crippen LogP contribution in [0.5, 0.6) is 17.5 Å². The van der Waals surface area contributed by atoms with Crippen molar-refractivity contribution in [1.29, 1.82) is 0 Å². The van der Waals surface area contributed by atoms with Crippen LogP contribution in [-0.4, -0.2) is 44.2 Å². The van der Waals surface area contributed by atoms with Crippen LogP contribution in [0, 0.1) is 6.92 Å². The fourth-order valence-corrected chi connectivity index (χ4v) is 4.74. The maximum Gasteiger partial charge on any atom is 0.240 e. The number of rotatable bonds is 8. The van der Waals surface area contributed by atoms with Crippen molar-refractivity contribution >= 4 is 10.0 Å². The first-order valence-corrected chi connectivity index (χ1v) is 11.2. The fourth-order valence-electron chi connectivity index (χ4n) is 3.35. The number of methoxy groups -OCH3 is 1. The van der Waals surface area contributed by atoms with Crippen molar-refractivity contribution in [3.8, 4) is 17.5 Å². The van der Waals surface area contributed by atoms with Gasteiger partial charge in [-0.05, 0) is 63.3 Å². The smallest absolute Gasteiger partial charge is 0.240 e. The molecular weight excluding hydrogens is 394 g/mol. The van der Waals surface area contributed by atoms with Crippen LogP contribution in [0.15, 0.2) is 35.5 Å². The van der Waals surface area contributed by atoms with Gasteiger partial charge in [-0.2, -0.15) is 4.98 Å². The highest BCUT2D eigenvalue weighted by atomic mass is 32.2. The summed E-state index contributed by atoms with van der Waals surface area (Å²) in [5.74, 6) is 1.51. The second kappa shape index (κ2) is 9.41. The summed E-state index contributed by atoms with van der Waals surface area (Å²) in [6.45, 7) is 4.28. The van der Waals surface area contributed by atoms with Crippen molar-refractivity contribution in [1.82, 2.24) is 14.7 Å². The van der Waals surface area contributed by atoms with Gasteiger partial charge in [-0.1, -0.05) is 0 Å². The molecule has 1 heterocycles. The molecule has 0 unspecified atom stereocenters. The Balaban J connectivity index is 1.56. The Hall–Kier alpha value is -2.39. The number of hydrogen-bond donors (Lipinski definition) is 1. The number of hydrogen-bond acceptors (Lipinski definition) is 7. The summed E-state index contributed by atoms with van der Waals surface area (Å²) >= 11 is 0. The zero-order chi connectivity index (χ0) is 20.9. The second-order valence-electron chi connectivity index (χ2n) is 6.97. The van der Waals surface area contributed by atoms with E-state index in [1.54, 1.807) is 24.4 Å². The quantitative estimate of drug-likeness (QED) is 0.699. The first-order valence-electron chi connectivity index (χ1n) is 9.69. The summed E-state index contributed by atoms with van der Waals surface area (Å²) < 4.78 is 44.7. The number of nitrogens with one attached hydrogen (secondary N) is 1. The molecule has 1 aliphatic rings. The van der Waals surface area contributed by atoms with Gasteiger partial charge in [0.15, 0.2) is 0 Å². The molecule has 1 aromatic carbocycles. The summed E-state index contributed by atoms with van der Waals surface area (Å²) in [6.07, 6.45) is 5.88. The molecule has 9 heteroatoms. The van der Waals surface area contributed by atoms with E-state index in [0.29, 0.717) is 37.0 Å². The van der Waals surface area contributed by atoms with Gasteiger partial charge in [-0.25, -0.2) is 13.1 Å². The average Bonchev–Trinajstić information content (AvgIpc) is 2.71. The van der Waals surface area contributed by atoms with Crippen LogP contribution in [0.4, 0.5) is 0 Å². The van der Waals surface area contributed by atoms with E-state index < -0.39 is 10.0 Å². The molecule has 3 rings (SSSR count). The van der Waals surface area contributed by atoms with Crippen LogP contribution in [0.25, 0.3) is 0 Å². The van der Waals surface area contributed by atoms with E-state index >= 15 is 0 Å². The Labute approximate surface area is 171 Å². The molecule has 1 N–H and O–H groups in total. The monoisotopic (exact) mass is 421 g/mol. The molecule has 1 saturated carbocycles. The van der Waals surface area contributed by atoms with Crippen LogP contribution in [-0.2, 0) is 10.0 Å². The molecule has 0 spiro atoms. The lowest BCUT2D eigenvalue weighted by Gasteiger charge is -2.29. The predicted molar refractivity (Wildman–Crippen MR) is 108 cm³/mol. The number of nitrogens with zero attached hydrogens (tertiary/aromatic N) is 2. The van der Waals surface area contributed by atoms with Crippen LogP contribution in [0.2, 0.25) is 0 Å². The maximum absolute atomic E-state index is 12.7. The lowest BCUT2D eigenvalue weighted by molar-refractivity contribution is 0.136. The van der Waals surface area contributed by atoms with Gasteiger partial charge in [0.25, 0.3) is 0 Å². The number of sulfonamides is 1. The van der Waals surface area contributed by atoms with E-state index in [1.165, 1.54) is 13.3 Å². The number of aryl methyl sites for hydroxylation is 1. The van der Waals surface area contributed by atoms with Gasteiger partial charge in [0, 0.05) is 6.04 Å². The van der Waals surface area contributed by atoms with Gasteiger partial charge < -0.3 is 14.2 Å². The Morgan fingerprint density at radius 3 is 2.52 bits per heavy atom. The minimum atomic E-state index is -3.58. The summed E-state index contributed by atoms with van der Waals surface area (Å²) in [5.41, 5.74) is 0.797. The molecule has 8 nitrogen and oxygen atoms in total. The topological polar surface area (TPSA) is 99.6 Å². The van der Waals surface area contributed by atoms with Crippen molar-refractivity contribution in [3.63, 3.8) is 0 Å². The largest absolute Gasteiger partial charge is 0.494 e. The highest BCUT2D eigenvalue weighted by Gasteiger charge is 2.27. The average molecular weight is 422 g/mol. The van der Waals surface area contributed by atoms with Crippen molar-refractivity contribution in [2.75, 3.05) is 13.7 Å². The van der Waals surface area contributed by atoms with E-state index in [4.69, 9.17) is 14.2 Å². The van der Waals surface area contributed by atoms with Crippen molar-refractivity contribution < 1.29 is 22.6 Å². The summed E-state index contributed by atoms with van der Waals surface area (Å²) in [7, 11) is -2.06. The van der Waals surface area contributed by atoms with E-state index in [0.717, 1.165) is 18.4 Å². The van der Waals surface area contributed by atoms with Crippen LogP contribution < -0.4 is 18.9 Å². The molecular formula is C20H27N3O5S. The molecule has 1 fully saturated rings. The molecule has 0 saturated heterocycles. The third-order valence-electron chi connectivity index (χ3n) is 4.84. The molecule has 0 amide bonds. The maximum atomic E-state index is 12.7. The number of benzene rings is 1. The summed E-state index contributed by atoms with van der Waals surface area (Å²) in [5, 5.41) is 0. The van der Waals surface area contributed by atoms with Gasteiger partial charge in [-0.15, -0.1) is 0 Å². The first-order chi connectivity index (χ1) is 13.9. The van der Waals surface area contributed by atoms with Gasteiger partial charge in [0.05, 0.1) is 31.0 Å². The molecule has 158 valence electrons. The molecule has 0 atom stereocenters. The Morgan fingerprint density at radius 1 is 1.14 bits per heavy atom. The molecule has 0 radical (unpaired) electrons. The Bertz CT molecular complexity index is 927. The van der Waals surface area contributed by atoms with Gasteiger partial charge in [-0.3, -0.25) is 4.98 Å². The molecule has 1 aliphatic carbocycles. The van der Waals surface area contributed by atoms with E-state index in [1.807, 2.05) is 13.8 Å². The van der Waals surface area contributed by atoms with Crippen molar-refractivity contribution in [2.24, 2.45) is 0 Å². The third kappa shape index (κ3) is 5.57. The van der Waals surface area contributed by atoms with Gasteiger partial charge in [0.2, 0.25) is 21.8 Å². The second-order valence-corrected chi connectivity index (χ2v) is 8.69. The summed E-state index contributed by atoms with van der Waals surface area (Å²) in [6, 6.07) is 4.80. The first kappa shape index (κ1) is 21.3. The Kier molecular flexibility index (Phi) is 6.92. The molecule has 29 heavy (non-hydrogen) atoms. The van der Waals surface area contributed by atoms with Crippen LogP contribution >= 0.6 is 0 Å². The highest BCUT2D eigenvalue weighted by molar-refractivity contribution is 7.89.